The van der Waals surface area contributed by atoms with Crippen LogP contribution in [-0.2, 0) is 16.5 Å². The van der Waals surface area contributed by atoms with Crippen LogP contribution in [0.1, 0.15) is 48.6 Å². The van der Waals surface area contributed by atoms with Crippen molar-refractivity contribution in [3.05, 3.63) is 17.8 Å². The lowest BCUT2D eigenvalue weighted by molar-refractivity contribution is 0.00813. The predicted octanol–water partition coefficient (Wildman–Crippen LogP) is 1.78. The molecule has 1 atom stereocenters. The largest absolute Gasteiger partial charge is 0.461 e. The second kappa shape index (κ2) is 5.77. The van der Waals surface area contributed by atoms with Gasteiger partial charge in [0.05, 0.1) is 6.61 Å². The topological polar surface area (TPSA) is 79.1 Å². The van der Waals surface area contributed by atoms with E-state index < -0.39 is 5.97 Å². The van der Waals surface area contributed by atoms with Crippen LogP contribution in [0.4, 0.5) is 0 Å². The Morgan fingerprint density at radius 1 is 1.48 bits per heavy atom. The van der Waals surface area contributed by atoms with Gasteiger partial charge in [0.2, 0.25) is 0 Å². The summed E-state index contributed by atoms with van der Waals surface area (Å²) in [6.07, 6.45) is 4.42. The van der Waals surface area contributed by atoms with Gasteiger partial charge in [0.1, 0.15) is 23.8 Å². The first kappa shape index (κ1) is 13.9. The van der Waals surface area contributed by atoms with Gasteiger partial charge in [0, 0.05) is 13.7 Å². The van der Waals surface area contributed by atoms with Crippen molar-refractivity contribution >= 4 is 17.1 Å². The lowest BCUT2D eigenvalue weighted by Crippen LogP contribution is -2.16. The molecule has 0 aliphatic carbocycles. The average Bonchev–Trinajstić information content (AvgIpc) is 2.86. The van der Waals surface area contributed by atoms with Gasteiger partial charge in [-0.05, 0) is 26.2 Å². The second-order valence-corrected chi connectivity index (χ2v) is 5.00. The Kier molecular flexibility index (Phi) is 3.83. The number of carbonyl (C=O) groups excluding carboxylic acids is 1. The van der Waals surface area contributed by atoms with Crippen molar-refractivity contribution in [2.45, 2.75) is 32.3 Å². The van der Waals surface area contributed by atoms with Crippen LogP contribution in [0.2, 0.25) is 0 Å². The van der Waals surface area contributed by atoms with E-state index in [4.69, 9.17) is 9.47 Å². The molecule has 1 fully saturated rings. The highest BCUT2D eigenvalue weighted by Crippen LogP contribution is 2.29. The molecule has 0 aromatic carbocycles. The lowest BCUT2D eigenvalue weighted by Gasteiger charge is -2.21. The van der Waals surface area contributed by atoms with E-state index in [9.17, 15) is 4.79 Å². The molecule has 0 spiro atoms. The van der Waals surface area contributed by atoms with Gasteiger partial charge in [-0.25, -0.2) is 19.7 Å². The molecule has 0 saturated carbocycles. The molecular formula is C14H18N4O3. The summed E-state index contributed by atoms with van der Waals surface area (Å²) in [6, 6.07) is 0. The minimum atomic E-state index is -0.455. The molecule has 1 unspecified atom stereocenters. The van der Waals surface area contributed by atoms with Crippen LogP contribution in [-0.4, -0.2) is 38.7 Å². The number of fused-ring (bicyclic) bond motifs is 1. The van der Waals surface area contributed by atoms with Crippen LogP contribution in [0.5, 0.6) is 0 Å². The highest BCUT2D eigenvalue weighted by Gasteiger charge is 2.25. The molecule has 1 saturated heterocycles. The van der Waals surface area contributed by atoms with Gasteiger partial charge in [0.15, 0.2) is 11.3 Å². The first-order valence-corrected chi connectivity index (χ1v) is 7.18. The monoisotopic (exact) mass is 290 g/mol. The number of hydrogen-bond donors (Lipinski definition) is 0. The fourth-order valence-corrected chi connectivity index (χ4v) is 2.64. The molecule has 1 aliphatic heterocycles. The summed E-state index contributed by atoms with van der Waals surface area (Å²) in [5, 5.41) is 0. The zero-order valence-corrected chi connectivity index (χ0v) is 12.2. The molecule has 112 valence electrons. The first-order chi connectivity index (χ1) is 10.2. The molecule has 3 heterocycles. The molecule has 3 rings (SSSR count). The van der Waals surface area contributed by atoms with Crippen molar-refractivity contribution in [2.75, 3.05) is 13.2 Å². The molecule has 7 nitrogen and oxygen atoms in total. The van der Waals surface area contributed by atoms with Crippen LogP contribution in [0.25, 0.3) is 11.2 Å². The van der Waals surface area contributed by atoms with Gasteiger partial charge in [-0.1, -0.05) is 0 Å². The second-order valence-electron chi connectivity index (χ2n) is 5.00. The highest BCUT2D eigenvalue weighted by molar-refractivity contribution is 5.99. The zero-order valence-electron chi connectivity index (χ0n) is 12.2. The van der Waals surface area contributed by atoms with E-state index in [1.807, 2.05) is 11.6 Å². The van der Waals surface area contributed by atoms with Gasteiger partial charge in [-0.2, -0.15) is 0 Å². The van der Waals surface area contributed by atoms with E-state index in [0.717, 1.165) is 31.7 Å². The number of aryl methyl sites for hydroxylation is 1. The van der Waals surface area contributed by atoms with Crippen LogP contribution < -0.4 is 0 Å². The maximum absolute atomic E-state index is 12.0. The quantitative estimate of drug-likeness (QED) is 0.802. The molecule has 7 heteroatoms. The normalized spacial score (nSPS) is 18.9. The summed E-state index contributed by atoms with van der Waals surface area (Å²) >= 11 is 0. The van der Waals surface area contributed by atoms with Gasteiger partial charge < -0.3 is 14.0 Å². The van der Waals surface area contributed by atoms with E-state index in [1.165, 1.54) is 6.33 Å². The van der Waals surface area contributed by atoms with E-state index in [-0.39, 0.29) is 11.8 Å². The lowest BCUT2D eigenvalue weighted by atomic mass is 10.1. The number of carbonyl (C=O) groups is 1. The number of ether oxygens (including phenoxy) is 2. The van der Waals surface area contributed by atoms with E-state index >= 15 is 0 Å². The molecular weight excluding hydrogens is 272 g/mol. The maximum Gasteiger partial charge on any atom is 0.359 e. The number of esters is 1. The number of nitrogens with zero attached hydrogens (tertiary/aromatic N) is 4. The third kappa shape index (κ3) is 2.49. The van der Waals surface area contributed by atoms with E-state index in [1.54, 1.807) is 6.92 Å². The van der Waals surface area contributed by atoms with Crippen LogP contribution in [0.3, 0.4) is 0 Å². The smallest absolute Gasteiger partial charge is 0.359 e. The Bertz CT molecular complexity index is 662. The number of aromatic nitrogens is 4. The summed E-state index contributed by atoms with van der Waals surface area (Å²) in [6.45, 7) is 2.81. The van der Waals surface area contributed by atoms with Crippen LogP contribution in [0.15, 0.2) is 6.33 Å². The Morgan fingerprint density at radius 3 is 3.05 bits per heavy atom. The molecule has 0 bridgehead atoms. The van der Waals surface area contributed by atoms with Crippen molar-refractivity contribution in [3.63, 3.8) is 0 Å². The summed E-state index contributed by atoms with van der Waals surface area (Å²) in [4.78, 5) is 24.7. The fraction of sp³-hybridized carbons (Fsp3) is 0.571. The summed E-state index contributed by atoms with van der Waals surface area (Å²) < 4.78 is 12.7. The Morgan fingerprint density at radius 2 is 2.33 bits per heavy atom. The van der Waals surface area contributed by atoms with Crippen molar-refractivity contribution in [1.82, 2.24) is 19.5 Å². The number of rotatable bonds is 3. The molecule has 0 N–H and O–H groups in total. The molecule has 2 aromatic rings. The maximum atomic E-state index is 12.0. The summed E-state index contributed by atoms with van der Waals surface area (Å²) in [5.41, 5.74) is 1.35. The highest BCUT2D eigenvalue weighted by atomic mass is 16.5. The van der Waals surface area contributed by atoms with Crippen molar-refractivity contribution in [2.24, 2.45) is 7.05 Å². The zero-order chi connectivity index (χ0) is 14.8. The van der Waals surface area contributed by atoms with Crippen LogP contribution in [0, 0.1) is 0 Å². The number of imidazole rings is 1. The van der Waals surface area contributed by atoms with Crippen LogP contribution >= 0.6 is 0 Å². The van der Waals surface area contributed by atoms with E-state index in [0.29, 0.717) is 17.8 Å². The van der Waals surface area contributed by atoms with Gasteiger partial charge in [-0.15, -0.1) is 0 Å². The van der Waals surface area contributed by atoms with Crippen molar-refractivity contribution < 1.29 is 14.3 Å². The third-order valence-electron chi connectivity index (χ3n) is 3.64. The molecule has 21 heavy (non-hydrogen) atoms. The molecule has 0 amide bonds. The fourth-order valence-electron chi connectivity index (χ4n) is 2.64. The summed E-state index contributed by atoms with van der Waals surface area (Å²) in [5.74, 6) is 0.333. The van der Waals surface area contributed by atoms with Gasteiger partial charge >= 0.3 is 5.97 Å². The van der Waals surface area contributed by atoms with Gasteiger partial charge in [0.25, 0.3) is 0 Å². The SMILES string of the molecule is CCOC(=O)c1ncnc2nc(C3CCCCO3)n(C)c12. The average molecular weight is 290 g/mol. The standard InChI is InChI=1S/C14H18N4O3/c1-3-20-14(19)10-11-12(16-8-15-10)17-13(18(11)2)9-6-4-5-7-21-9/h8-9H,3-7H2,1-2H3. The van der Waals surface area contributed by atoms with Crippen molar-refractivity contribution in [3.8, 4) is 0 Å². The molecule has 2 aromatic heterocycles. The predicted molar refractivity (Wildman–Crippen MR) is 74.8 cm³/mol. The molecule has 1 aliphatic rings. The Labute approximate surface area is 122 Å². The Hall–Kier alpha value is -2.02. The minimum absolute atomic E-state index is 0.0482. The first-order valence-electron chi connectivity index (χ1n) is 7.18. The van der Waals surface area contributed by atoms with Gasteiger partial charge in [-0.3, -0.25) is 0 Å². The van der Waals surface area contributed by atoms with E-state index in [2.05, 4.69) is 15.0 Å². The summed E-state index contributed by atoms with van der Waals surface area (Å²) in [7, 11) is 1.86. The minimum Gasteiger partial charge on any atom is -0.461 e. The Balaban J connectivity index is 2.07. The van der Waals surface area contributed by atoms with Crippen molar-refractivity contribution in [1.29, 1.82) is 0 Å². The third-order valence-corrected chi connectivity index (χ3v) is 3.64. The number of hydrogen-bond acceptors (Lipinski definition) is 6. The molecule has 0 radical (unpaired) electrons.